The van der Waals surface area contributed by atoms with Crippen LogP contribution in [0.3, 0.4) is 0 Å². The first-order valence-electron chi connectivity index (χ1n) is 5.96. The summed E-state index contributed by atoms with van der Waals surface area (Å²) >= 11 is 3.20. The van der Waals surface area contributed by atoms with Crippen molar-refractivity contribution in [3.63, 3.8) is 0 Å². The van der Waals surface area contributed by atoms with Crippen molar-refractivity contribution < 1.29 is 0 Å². The lowest BCUT2D eigenvalue weighted by molar-refractivity contribution is 0.971. The van der Waals surface area contributed by atoms with Crippen molar-refractivity contribution in [2.75, 3.05) is 11.9 Å². The Morgan fingerprint density at radius 1 is 1.39 bits per heavy atom. The van der Waals surface area contributed by atoms with Crippen LogP contribution in [0.25, 0.3) is 0 Å². The molecule has 6 heteroatoms. The van der Waals surface area contributed by atoms with Crippen molar-refractivity contribution in [1.29, 1.82) is 0 Å². The Hall–Kier alpha value is -1.14. The van der Waals surface area contributed by atoms with Crippen LogP contribution < -0.4 is 5.32 Å². The van der Waals surface area contributed by atoms with E-state index in [1.807, 2.05) is 12.3 Å². The Bertz CT molecular complexity index is 498. The number of nitrogens with one attached hydrogen (secondary N) is 1. The molecule has 0 radical (unpaired) electrons. The van der Waals surface area contributed by atoms with Crippen LogP contribution >= 0.6 is 23.3 Å². The Labute approximate surface area is 115 Å². The molecule has 2 aromatic heterocycles. The molecule has 0 aromatic carbocycles. The van der Waals surface area contributed by atoms with Gasteiger partial charge in [-0.25, -0.2) is 9.97 Å². The molecule has 0 saturated carbocycles. The second-order valence-corrected chi connectivity index (χ2v) is 5.67. The second-order valence-electron chi connectivity index (χ2n) is 3.70. The first kappa shape index (κ1) is 13.3. The summed E-state index contributed by atoms with van der Waals surface area (Å²) < 4.78 is 5.31. The summed E-state index contributed by atoms with van der Waals surface area (Å²) in [6.45, 7) is 5.03. The first-order valence-corrected chi connectivity index (χ1v) is 7.72. The Morgan fingerprint density at radius 2 is 2.28 bits per heavy atom. The molecule has 2 heterocycles. The van der Waals surface area contributed by atoms with Gasteiger partial charge >= 0.3 is 0 Å². The van der Waals surface area contributed by atoms with Gasteiger partial charge in [0.1, 0.15) is 11.6 Å². The molecular formula is C12H16N4S2. The molecule has 0 aliphatic carbocycles. The summed E-state index contributed by atoms with van der Waals surface area (Å²) in [5.41, 5.74) is 1.25. The van der Waals surface area contributed by atoms with E-state index in [1.165, 1.54) is 17.1 Å². The van der Waals surface area contributed by atoms with Gasteiger partial charge in [0.15, 0.2) is 4.34 Å². The van der Waals surface area contributed by atoms with Crippen molar-refractivity contribution in [2.45, 2.75) is 30.4 Å². The van der Waals surface area contributed by atoms with Gasteiger partial charge in [0, 0.05) is 24.9 Å². The zero-order valence-electron chi connectivity index (χ0n) is 10.5. The van der Waals surface area contributed by atoms with Gasteiger partial charge in [-0.2, -0.15) is 4.37 Å². The fourth-order valence-electron chi connectivity index (χ4n) is 1.43. The van der Waals surface area contributed by atoms with E-state index in [2.05, 4.69) is 39.6 Å². The van der Waals surface area contributed by atoms with Gasteiger partial charge in [0.05, 0.1) is 0 Å². The molecule has 18 heavy (non-hydrogen) atoms. The molecule has 2 rings (SSSR count). The third-order valence-corrected chi connectivity index (χ3v) is 4.25. The van der Waals surface area contributed by atoms with Gasteiger partial charge in [-0.3, -0.25) is 0 Å². The zero-order valence-corrected chi connectivity index (χ0v) is 12.1. The van der Waals surface area contributed by atoms with Crippen LogP contribution in [-0.4, -0.2) is 20.9 Å². The fraction of sp³-hybridized carbons (Fsp3) is 0.417. The van der Waals surface area contributed by atoms with Crippen molar-refractivity contribution in [3.05, 3.63) is 29.7 Å². The van der Waals surface area contributed by atoms with Gasteiger partial charge in [0.2, 0.25) is 0 Å². The van der Waals surface area contributed by atoms with Gasteiger partial charge in [-0.15, -0.1) is 0 Å². The topological polar surface area (TPSA) is 50.7 Å². The summed E-state index contributed by atoms with van der Waals surface area (Å²) in [6.07, 6.45) is 2.74. The lowest BCUT2D eigenvalue weighted by atomic mass is 10.3. The van der Waals surface area contributed by atoms with E-state index in [-0.39, 0.29) is 0 Å². The van der Waals surface area contributed by atoms with Crippen LogP contribution in [0.4, 0.5) is 5.82 Å². The molecule has 0 aliphatic heterocycles. The molecule has 0 atom stereocenters. The van der Waals surface area contributed by atoms with Crippen LogP contribution in [-0.2, 0) is 12.2 Å². The monoisotopic (exact) mass is 280 g/mol. The number of aromatic nitrogens is 3. The van der Waals surface area contributed by atoms with Crippen LogP contribution in [0, 0.1) is 0 Å². The van der Waals surface area contributed by atoms with E-state index in [4.69, 9.17) is 0 Å². The highest BCUT2D eigenvalue weighted by Crippen LogP contribution is 2.25. The quantitative estimate of drug-likeness (QED) is 0.823. The maximum absolute atomic E-state index is 4.44. The van der Waals surface area contributed by atoms with Gasteiger partial charge in [-0.05, 0) is 36.2 Å². The standard InChI is InChI=1S/C12H16N4S2/c1-3-10-15-12(18-16-10)17-8-9-5-6-14-11(7-9)13-4-2/h5-7H,3-4,8H2,1-2H3,(H,13,14). The number of pyridine rings is 1. The number of thioether (sulfide) groups is 1. The molecule has 0 fully saturated rings. The number of anilines is 1. The molecule has 4 nitrogen and oxygen atoms in total. The van der Waals surface area contributed by atoms with E-state index in [0.29, 0.717) is 0 Å². The smallest absolute Gasteiger partial charge is 0.170 e. The van der Waals surface area contributed by atoms with Crippen molar-refractivity contribution in [1.82, 2.24) is 14.3 Å². The third-order valence-electron chi connectivity index (χ3n) is 2.31. The third kappa shape index (κ3) is 3.68. The molecule has 0 saturated heterocycles. The number of hydrogen-bond donors (Lipinski definition) is 1. The van der Waals surface area contributed by atoms with Crippen LogP contribution in [0.5, 0.6) is 0 Å². The number of rotatable bonds is 6. The minimum Gasteiger partial charge on any atom is -0.370 e. The fourth-order valence-corrected chi connectivity index (χ4v) is 3.07. The highest BCUT2D eigenvalue weighted by molar-refractivity contribution is 8.00. The minimum absolute atomic E-state index is 0.889. The predicted octanol–water partition coefficient (Wildman–Crippen LogP) is 3.22. The molecule has 0 unspecified atom stereocenters. The maximum atomic E-state index is 4.44. The lowest BCUT2D eigenvalue weighted by Crippen LogP contribution is -1.99. The zero-order chi connectivity index (χ0) is 12.8. The van der Waals surface area contributed by atoms with E-state index in [0.717, 1.165) is 34.7 Å². The Morgan fingerprint density at radius 3 is 3.00 bits per heavy atom. The molecule has 0 spiro atoms. The highest BCUT2D eigenvalue weighted by atomic mass is 32.2. The summed E-state index contributed by atoms with van der Waals surface area (Å²) in [5, 5.41) is 3.21. The van der Waals surface area contributed by atoms with E-state index in [1.54, 1.807) is 11.8 Å². The molecule has 2 aromatic rings. The number of aryl methyl sites for hydroxylation is 1. The molecule has 1 N–H and O–H groups in total. The summed E-state index contributed by atoms with van der Waals surface area (Å²) in [6, 6.07) is 4.12. The summed E-state index contributed by atoms with van der Waals surface area (Å²) in [4.78, 5) is 8.70. The van der Waals surface area contributed by atoms with E-state index >= 15 is 0 Å². The maximum Gasteiger partial charge on any atom is 0.170 e. The molecular weight excluding hydrogens is 264 g/mol. The van der Waals surface area contributed by atoms with E-state index < -0.39 is 0 Å². The van der Waals surface area contributed by atoms with Crippen molar-refractivity contribution >= 4 is 29.1 Å². The Kier molecular flexibility index (Phi) is 4.95. The minimum atomic E-state index is 0.889. The predicted molar refractivity (Wildman–Crippen MR) is 77.2 cm³/mol. The average Bonchev–Trinajstić information content (AvgIpc) is 2.85. The molecule has 0 aliphatic rings. The largest absolute Gasteiger partial charge is 0.370 e. The SMILES string of the molecule is CCNc1cc(CSc2nc(CC)ns2)ccn1. The van der Waals surface area contributed by atoms with Gasteiger partial charge in [-0.1, -0.05) is 18.7 Å². The summed E-state index contributed by atoms with van der Waals surface area (Å²) in [7, 11) is 0. The molecule has 0 amide bonds. The molecule has 96 valence electrons. The van der Waals surface area contributed by atoms with Crippen LogP contribution in [0.1, 0.15) is 25.2 Å². The summed E-state index contributed by atoms with van der Waals surface area (Å²) in [5.74, 6) is 2.77. The van der Waals surface area contributed by atoms with Gasteiger partial charge in [0.25, 0.3) is 0 Å². The average molecular weight is 280 g/mol. The van der Waals surface area contributed by atoms with Crippen LogP contribution in [0.2, 0.25) is 0 Å². The van der Waals surface area contributed by atoms with Crippen molar-refractivity contribution in [3.8, 4) is 0 Å². The van der Waals surface area contributed by atoms with Gasteiger partial charge < -0.3 is 5.32 Å². The lowest BCUT2D eigenvalue weighted by Gasteiger charge is -2.04. The number of hydrogen-bond acceptors (Lipinski definition) is 6. The van der Waals surface area contributed by atoms with Crippen LogP contribution in [0.15, 0.2) is 22.7 Å². The highest BCUT2D eigenvalue weighted by Gasteiger charge is 2.04. The molecule has 0 bridgehead atoms. The normalized spacial score (nSPS) is 10.6. The Balaban J connectivity index is 1.94. The van der Waals surface area contributed by atoms with E-state index in [9.17, 15) is 0 Å². The van der Waals surface area contributed by atoms with Crippen molar-refractivity contribution in [2.24, 2.45) is 0 Å². The first-order chi connectivity index (χ1) is 8.81. The number of nitrogens with zero attached hydrogens (tertiary/aromatic N) is 3. The second kappa shape index (κ2) is 6.70.